The molecule has 2 aliphatic heterocycles. The van der Waals surface area contributed by atoms with Gasteiger partial charge in [0.25, 0.3) is 17.6 Å². The van der Waals surface area contributed by atoms with Gasteiger partial charge in [0.2, 0.25) is 13.2 Å². The molecule has 3 amide bonds. The van der Waals surface area contributed by atoms with Crippen LogP contribution in [-0.4, -0.2) is 83.5 Å². The monoisotopic (exact) mass is 540 g/mol. The quantitative estimate of drug-likeness (QED) is 0.104. The van der Waals surface area contributed by atoms with Crippen molar-refractivity contribution in [3.8, 4) is 0 Å². The van der Waals surface area contributed by atoms with Gasteiger partial charge in [-0.25, -0.2) is 9.78 Å². The largest absolute Gasteiger partial charge is 0.427 e. The van der Waals surface area contributed by atoms with Crippen molar-refractivity contribution in [2.45, 2.75) is 32.2 Å². The van der Waals surface area contributed by atoms with Crippen LogP contribution in [0, 0.1) is 5.41 Å². The molecule has 3 heterocycles. The summed E-state index contributed by atoms with van der Waals surface area (Å²) in [6, 6.07) is -1.07. The van der Waals surface area contributed by atoms with Crippen molar-refractivity contribution in [3.05, 3.63) is 22.3 Å². The number of β-lactam (4-membered cyclic amide) rings is 1. The minimum atomic E-state index is -1.07. The molecule has 0 bridgehead atoms. The lowest BCUT2D eigenvalue weighted by atomic mass is 9.98. The van der Waals surface area contributed by atoms with Crippen molar-refractivity contribution >= 4 is 64.2 Å². The van der Waals surface area contributed by atoms with Crippen LogP contribution in [0.3, 0.4) is 0 Å². The maximum atomic E-state index is 12.9. The molecule has 3 rings (SSSR count). The number of aromatic nitrogens is 1. The summed E-state index contributed by atoms with van der Waals surface area (Å²) in [5.41, 5.74) is -0.546. The third-order valence-corrected chi connectivity index (χ3v) is 7.08. The molecule has 2 N–H and O–H groups in total. The van der Waals surface area contributed by atoms with Crippen molar-refractivity contribution in [2.75, 3.05) is 31.6 Å². The van der Waals surface area contributed by atoms with Gasteiger partial charge in [-0.2, -0.15) is 0 Å². The van der Waals surface area contributed by atoms with Gasteiger partial charge >= 0.3 is 11.9 Å². The number of ether oxygens (including phenoxy) is 3. The smallest absolute Gasteiger partial charge is 0.358 e. The van der Waals surface area contributed by atoms with Gasteiger partial charge in [0.05, 0.1) is 12.0 Å². The molecular formula is C21H24N4O9S2. The Bertz CT molecular complexity index is 1120. The van der Waals surface area contributed by atoms with E-state index in [1.165, 1.54) is 29.2 Å². The number of fused-ring (bicyclic) bond motifs is 1. The molecule has 1 unspecified atom stereocenters. The lowest BCUT2D eigenvalue weighted by molar-refractivity contribution is -0.173. The second-order valence-corrected chi connectivity index (χ2v) is 10.6. The van der Waals surface area contributed by atoms with Gasteiger partial charge in [-0.15, -0.1) is 23.1 Å². The highest BCUT2D eigenvalue weighted by molar-refractivity contribution is 8.00. The summed E-state index contributed by atoms with van der Waals surface area (Å²) < 4.78 is 15.2. The Morgan fingerprint density at radius 3 is 2.61 bits per heavy atom. The van der Waals surface area contributed by atoms with Gasteiger partial charge in [0.15, 0.2) is 5.13 Å². The molecule has 15 heteroatoms. The van der Waals surface area contributed by atoms with Crippen molar-refractivity contribution in [1.29, 1.82) is 0 Å². The number of carbonyl (C=O) groups is 6. The van der Waals surface area contributed by atoms with Crippen LogP contribution in [0.2, 0.25) is 0 Å². The van der Waals surface area contributed by atoms with Crippen molar-refractivity contribution < 1.29 is 43.0 Å². The molecule has 1 aromatic heterocycles. The molecule has 2 atom stereocenters. The minimum absolute atomic E-state index is 0.0478. The zero-order valence-corrected chi connectivity index (χ0v) is 21.4. The minimum Gasteiger partial charge on any atom is -0.427 e. The summed E-state index contributed by atoms with van der Waals surface area (Å²) in [7, 11) is 1.43. The van der Waals surface area contributed by atoms with E-state index in [0.717, 1.165) is 11.3 Å². The predicted octanol–water partition coefficient (Wildman–Crippen LogP) is 0.285. The number of hydrogen-bond donors (Lipinski definition) is 2. The van der Waals surface area contributed by atoms with E-state index in [4.69, 9.17) is 14.2 Å². The molecule has 2 aliphatic rings. The van der Waals surface area contributed by atoms with Crippen LogP contribution in [0.4, 0.5) is 5.13 Å². The molecule has 0 aliphatic carbocycles. The number of nitrogens with zero attached hydrogens (tertiary/aromatic N) is 2. The number of methoxy groups -OCH3 is 1. The van der Waals surface area contributed by atoms with Crippen molar-refractivity contribution in [2.24, 2.45) is 5.41 Å². The summed E-state index contributed by atoms with van der Waals surface area (Å²) in [4.78, 5) is 78.0. The number of ketones is 1. The average Bonchev–Trinajstić information content (AvgIpc) is 3.29. The number of Topliss-reactive ketones (excluding diaryl/α,β-unsaturated/α-hetero) is 1. The van der Waals surface area contributed by atoms with Crippen LogP contribution in [0.5, 0.6) is 0 Å². The summed E-state index contributed by atoms with van der Waals surface area (Å²) in [5.74, 6) is -3.82. The molecule has 1 aromatic rings. The Kier molecular flexibility index (Phi) is 8.47. The number of nitrogens with one attached hydrogen (secondary N) is 2. The van der Waals surface area contributed by atoms with Crippen LogP contribution >= 0.6 is 23.1 Å². The third kappa shape index (κ3) is 5.74. The number of carbonyl (C=O) groups excluding carboxylic acids is 6. The van der Waals surface area contributed by atoms with Crippen LogP contribution in [0.1, 0.15) is 31.3 Å². The van der Waals surface area contributed by atoms with Gasteiger partial charge in [0, 0.05) is 18.2 Å². The van der Waals surface area contributed by atoms with E-state index in [2.05, 4.69) is 15.6 Å². The predicted molar refractivity (Wildman–Crippen MR) is 127 cm³/mol. The maximum absolute atomic E-state index is 12.9. The zero-order chi connectivity index (χ0) is 26.6. The second-order valence-electron chi connectivity index (χ2n) is 8.61. The van der Waals surface area contributed by atoms with E-state index >= 15 is 0 Å². The van der Waals surface area contributed by atoms with Crippen LogP contribution < -0.4 is 10.6 Å². The van der Waals surface area contributed by atoms with Gasteiger partial charge in [-0.3, -0.25) is 28.9 Å². The Hall–Kier alpha value is -3.30. The van der Waals surface area contributed by atoms with Crippen molar-refractivity contribution in [1.82, 2.24) is 15.2 Å². The number of thioether (sulfide) groups is 1. The van der Waals surface area contributed by atoms with E-state index in [1.807, 2.05) is 0 Å². The fourth-order valence-corrected chi connectivity index (χ4v) is 5.17. The fourth-order valence-electron chi connectivity index (χ4n) is 3.20. The lowest BCUT2D eigenvalue weighted by Crippen LogP contribution is -2.71. The highest BCUT2D eigenvalue weighted by Gasteiger charge is 2.54. The van der Waals surface area contributed by atoms with E-state index in [-0.39, 0.29) is 23.1 Å². The molecular weight excluding hydrogens is 516 g/mol. The Labute approximate surface area is 213 Å². The Balaban J connectivity index is 1.68. The average molecular weight is 541 g/mol. The van der Waals surface area contributed by atoms with E-state index in [0.29, 0.717) is 17.7 Å². The summed E-state index contributed by atoms with van der Waals surface area (Å²) in [6.45, 7) is 4.35. The van der Waals surface area contributed by atoms with Gasteiger partial charge in [-0.1, -0.05) is 0 Å². The summed E-state index contributed by atoms with van der Waals surface area (Å²) >= 11 is 2.23. The first-order chi connectivity index (χ1) is 17.0. The molecule has 13 nitrogen and oxygen atoms in total. The van der Waals surface area contributed by atoms with E-state index in [9.17, 15) is 28.8 Å². The number of anilines is 1. The van der Waals surface area contributed by atoms with E-state index < -0.39 is 53.2 Å². The highest BCUT2D eigenvalue weighted by atomic mass is 32.2. The van der Waals surface area contributed by atoms with Crippen LogP contribution in [-0.2, 0) is 38.2 Å². The number of esters is 2. The molecule has 194 valence electrons. The number of hydrogen-bond acceptors (Lipinski definition) is 12. The molecule has 0 radical (unpaired) electrons. The first-order valence-electron chi connectivity index (χ1n) is 10.5. The maximum Gasteiger partial charge on any atom is 0.358 e. The third-order valence-electron chi connectivity index (χ3n) is 4.96. The van der Waals surface area contributed by atoms with Crippen LogP contribution in [0.15, 0.2) is 16.7 Å². The number of thiazole rings is 1. The second kappa shape index (κ2) is 11.2. The first kappa shape index (κ1) is 27.3. The lowest BCUT2D eigenvalue weighted by Gasteiger charge is -2.49. The topological polar surface area (TPSA) is 170 Å². The standard InChI is InChI=1S/C21H24N4O9S2/c1-21(2,3)19(31)34-9-33-18(30)13-10(5-32-4)6-35-17-12(16(29)25(13)17)24-15(28)14(27)11-7-36-20(23-11)22-8-26/h7-8,12,17H,5-6,9H2,1-4H3,(H,24,28)(H,22,23,26)/t12?,17-/m0/s1. The van der Waals surface area contributed by atoms with Gasteiger partial charge in [-0.05, 0) is 26.3 Å². The zero-order valence-electron chi connectivity index (χ0n) is 19.8. The van der Waals surface area contributed by atoms with Gasteiger partial charge < -0.3 is 24.8 Å². The highest BCUT2D eigenvalue weighted by Crippen LogP contribution is 2.40. The molecule has 0 saturated carbocycles. The van der Waals surface area contributed by atoms with E-state index in [1.54, 1.807) is 20.8 Å². The number of amides is 3. The normalized spacial score (nSPS) is 19.1. The van der Waals surface area contributed by atoms with Gasteiger partial charge in [0.1, 0.15) is 22.8 Å². The Morgan fingerprint density at radius 2 is 1.97 bits per heavy atom. The Morgan fingerprint density at radius 1 is 1.25 bits per heavy atom. The fraction of sp³-hybridized carbons (Fsp3) is 0.476. The number of rotatable bonds is 10. The molecule has 1 saturated heterocycles. The first-order valence-corrected chi connectivity index (χ1v) is 12.4. The summed E-state index contributed by atoms with van der Waals surface area (Å²) in [6.07, 6.45) is 0.387. The molecule has 36 heavy (non-hydrogen) atoms. The molecule has 0 aromatic carbocycles. The van der Waals surface area contributed by atoms with Crippen molar-refractivity contribution in [3.63, 3.8) is 0 Å². The molecule has 1 fully saturated rings. The SMILES string of the molecule is COCC1=C(C(=O)OCOC(=O)C(C)(C)C)N2C(=O)C(NC(=O)C(=O)c3csc(NC=O)n3)[C@@H]2SC1. The summed E-state index contributed by atoms with van der Waals surface area (Å²) in [5, 5.41) is 5.44. The molecule has 0 spiro atoms. The van der Waals surface area contributed by atoms with Crippen LogP contribution in [0.25, 0.3) is 0 Å².